The van der Waals surface area contributed by atoms with E-state index in [2.05, 4.69) is 15.1 Å². The van der Waals surface area contributed by atoms with Crippen LogP contribution in [0.4, 0.5) is 0 Å². The van der Waals surface area contributed by atoms with Crippen LogP contribution in [-0.4, -0.2) is 27.1 Å². The molecule has 0 radical (unpaired) electrons. The number of nitrogens with one attached hydrogen (secondary N) is 1. The summed E-state index contributed by atoms with van der Waals surface area (Å²) in [5.41, 5.74) is 0.516. The lowest BCUT2D eigenvalue weighted by atomic mass is 10.2. The van der Waals surface area contributed by atoms with E-state index in [0.717, 1.165) is 0 Å². The predicted octanol–water partition coefficient (Wildman–Crippen LogP) is 0.172. The second-order valence-electron chi connectivity index (χ2n) is 2.22. The minimum atomic E-state index is -1.24. The summed E-state index contributed by atoms with van der Waals surface area (Å²) in [6.07, 6.45) is 2.97. The molecule has 1 aromatic heterocycles. The number of hydrogen-bond donors (Lipinski definition) is 2. The highest BCUT2D eigenvalue weighted by atomic mass is 16.4. The molecular formula is C6H7N3O3. The Kier molecular flexibility index (Phi) is 2.52. The molecule has 0 saturated heterocycles. The van der Waals surface area contributed by atoms with Crippen molar-refractivity contribution in [1.29, 1.82) is 0 Å². The lowest BCUT2D eigenvalue weighted by Gasteiger charge is -1.98. The zero-order valence-corrected chi connectivity index (χ0v) is 6.10. The molecule has 0 aliphatic rings. The number of hydrogen-bond acceptors (Lipinski definition) is 4. The fourth-order valence-electron chi connectivity index (χ4n) is 0.770. The first-order valence-corrected chi connectivity index (χ1v) is 3.27. The average molecular weight is 169 g/mol. The normalized spacial score (nSPS) is 12.3. The second-order valence-corrected chi connectivity index (χ2v) is 2.22. The van der Waals surface area contributed by atoms with E-state index in [-0.39, 0.29) is 6.42 Å². The van der Waals surface area contributed by atoms with Crippen molar-refractivity contribution in [3.63, 3.8) is 0 Å². The quantitative estimate of drug-likeness (QED) is 0.628. The zero-order valence-electron chi connectivity index (χ0n) is 6.10. The summed E-state index contributed by atoms with van der Waals surface area (Å²) in [6.45, 7) is 0. The molecule has 6 heteroatoms. The average Bonchev–Trinajstić information content (AvgIpc) is 2.51. The molecule has 1 rings (SSSR count). The van der Waals surface area contributed by atoms with Crippen LogP contribution in [0.5, 0.6) is 0 Å². The van der Waals surface area contributed by atoms with E-state index in [1.54, 1.807) is 0 Å². The molecule has 12 heavy (non-hydrogen) atoms. The van der Waals surface area contributed by atoms with E-state index < -0.39 is 12.0 Å². The number of aromatic nitrogens is 2. The summed E-state index contributed by atoms with van der Waals surface area (Å²) >= 11 is 0. The molecule has 1 heterocycles. The molecule has 1 unspecified atom stereocenters. The lowest BCUT2D eigenvalue weighted by molar-refractivity contribution is -0.138. The molecular weight excluding hydrogens is 162 g/mol. The fraction of sp³-hybridized carbons (Fsp3) is 0.333. The van der Waals surface area contributed by atoms with Gasteiger partial charge in [-0.15, -0.1) is 4.91 Å². The van der Waals surface area contributed by atoms with Crippen LogP contribution in [0.15, 0.2) is 17.7 Å². The minimum Gasteiger partial charge on any atom is -0.480 e. The van der Waals surface area contributed by atoms with E-state index >= 15 is 0 Å². The van der Waals surface area contributed by atoms with Crippen LogP contribution < -0.4 is 0 Å². The van der Waals surface area contributed by atoms with Gasteiger partial charge in [-0.25, -0.2) is 9.78 Å². The molecule has 1 atom stereocenters. The molecule has 6 nitrogen and oxygen atoms in total. The van der Waals surface area contributed by atoms with Crippen molar-refractivity contribution in [2.24, 2.45) is 5.18 Å². The summed E-state index contributed by atoms with van der Waals surface area (Å²) in [6, 6.07) is -1.24. The Labute approximate surface area is 67.6 Å². The van der Waals surface area contributed by atoms with Crippen LogP contribution in [0.25, 0.3) is 0 Å². The first kappa shape index (κ1) is 8.38. The Bertz CT molecular complexity index is 270. The number of aliphatic carboxylic acids is 1. The molecule has 0 fully saturated rings. The van der Waals surface area contributed by atoms with Gasteiger partial charge in [-0.2, -0.15) is 0 Å². The molecule has 0 aliphatic heterocycles. The Balaban J connectivity index is 2.60. The maximum Gasteiger partial charge on any atom is 0.332 e. The third kappa shape index (κ3) is 1.88. The molecule has 0 spiro atoms. The smallest absolute Gasteiger partial charge is 0.332 e. The van der Waals surface area contributed by atoms with Gasteiger partial charge < -0.3 is 10.1 Å². The third-order valence-electron chi connectivity index (χ3n) is 1.37. The van der Waals surface area contributed by atoms with Crippen molar-refractivity contribution >= 4 is 5.97 Å². The maximum absolute atomic E-state index is 10.3. The largest absolute Gasteiger partial charge is 0.480 e. The molecule has 0 bridgehead atoms. The monoisotopic (exact) mass is 169 g/mol. The van der Waals surface area contributed by atoms with Gasteiger partial charge in [0.25, 0.3) is 0 Å². The Hall–Kier alpha value is -1.72. The highest BCUT2D eigenvalue weighted by Gasteiger charge is 2.18. The number of carbonyl (C=O) groups is 1. The second kappa shape index (κ2) is 3.61. The van der Waals surface area contributed by atoms with Gasteiger partial charge in [-0.05, 0) is 0 Å². The molecule has 0 aliphatic carbocycles. The van der Waals surface area contributed by atoms with E-state index in [1.165, 1.54) is 12.5 Å². The summed E-state index contributed by atoms with van der Waals surface area (Å²) in [5, 5.41) is 10.9. The highest BCUT2D eigenvalue weighted by Crippen LogP contribution is 2.01. The third-order valence-corrected chi connectivity index (χ3v) is 1.37. The number of aromatic amines is 1. The first-order chi connectivity index (χ1) is 5.74. The van der Waals surface area contributed by atoms with Crippen LogP contribution in [0, 0.1) is 4.91 Å². The molecule has 1 aromatic rings. The Morgan fingerprint density at radius 3 is 3.00 bits per heavy atom. The van der Waals surface area contributed by atoms with Crippen molar-refractivity contribution in [2.75, 3.05) is 0 Å². The number of rotatable bonds is 4. The number of nitrogens with zero attached hydrogens (tertiary/aromatic N) is 2. The SMILES string of the molecule is O=NC(Cc1c[nH]cn1)C(=O)O. The van der Waals surface area contributed by atoms with Gasteiger partial charge >= 0.3 is 5.97 Å². The summed E-state index contributed by atoms with van der Waals surface area (Å²) in [4.78, 5) is 26.7. The summed E-state index contributed by atoms with van der Waals surface area (Å²) in [5.74, 6) is -1.23. The van der Waals surface area contributed by atoms with Gasteiger partial charge in [-0.1, -0.05) is 5.18 Å². The van der Waals surface area contributed by atoms with Crippen LogP contribution in [0.2, 0.25) is 0 Å². The topological polar surface area (TPSA) is 95.4 Å². The lowest BCUT2D eigenvalue weighted by Crippen LogP contribution is -2.19. The van der Waals surface area contributed by atoms with Gasteiger partial charge in [0.05, 0.1) is 12.0 Å². The van der Waals surface area contributed by atoms with Crippen molar-refractivity contribution in [3.05, 3.63) is 23.1 Å². The van der Waals surface area contributed by atoms with Gasteiger partial charge in [0.2, 0.25) is 0 Å². The van der Waals surface area contributed by atoms with Crippen LogP contribution in [0.1, 0.15) is 5.69 Å². The van der Waals surface area contributed by atoms with E-state index in [1.807, 2.05) is 0 Å². The molecule has 64 valence electrons. The first-order valence-electron chi connectivity index (χ1n) is 3.27. The van der Waals surface area contributed by atoms with Crippen LogP contribution in [-0.2, 0) is 11.2 Å². The zero-order chi connectivity index (χ0) is 8.97. The number of imidazole rings is 1. The van der Waals surface area contributed by atoms with Gasteiger partial charge in [0, 0.05) is 12.6 Å². The Morgan fingerprint density at radius 1 is 1.83 bits per heavy atom. The van der Waals surface area contributed by atoms with Gasteiger partial charge in [-0.3, -0.25) is 0 Å². The number of H-pyrrole nitrogens is 1. The van der Waals surface area contributed by atoms with Gasteiger partial charge in [0.1, 0.15) is 0 Å². The molecule has 0 amide bonds. The van der Waals surface area contributed by atoms with Gasteiger partial charge in [0.15, 0.2) is 6.04 Å². The van der Waals surface area contributed by atoms with Crippen molar-refractivity contribution < 1.29 is 9.90 Å². The van der Waals surface area contributed by atoms with E-state index in [4.69, 9.17) is 5.11 Å². The van der Waals surface area contributed by atoms with Crippen molar-refractivity contribution in [1.82, 2.24) is 9.97 Å². The summed E-state index contributed by atoms with van der Waals surface area (Å²) < 4.78 is 0. The fourth-order valence-corrected chi connectivity index (χ4v) is 0.770. The van der Waals surface area contributed by atoms with E-state index in [0.29, 0.717) is 5.69 Å². The number of nitroso groups, excluding NO2 is 1. The number of carboxylic acid groups (broad SMARTS) is 1. The van der Waals surface area contributed by atoms with E-state index in [9.17, 15) is 9.70 Å². The predicted molar refractivity (Wildman–Crippen MR) is 39.5 cm³/mol. The number of carboxylic acids is 1. The summed E-state index contributed by atoms with van der Waals surface area (Å²) in [7, 11) is 0. The standard InChI is InChI=1S/C6H7N3O3/c10-6(11)5(9-12)1-4-2-7-3-8-4/h2-3,5H,1H2,(H,7,8)(H,10,11). The molecule has 0 aromatic carbocycles. The van der Waals surface area contributed by atoms with Crippen LogP contribution in [0.3, 0.4) is 0 Å². The Morgan fingerprint density at radius 2 is 2.58 bits per heavy atom. The van der Waals surface area contributed by atoms with Crippen molar-refractivity contribution in [3.8, 4) is 0 Å². The molecule has 0 saturated carbocycles. The van der Waals surface area contributed by atoms with Crippen molar-refractivity contribution in [2.45, 2.75) is 12.5 Å². The maximum atomic E-state index is 10.3. The molecule has 2 N–H and O–H groups in total. The minimum absolute atomic E-state index is 0.0301. The van der Waals surface area contributed by atoms with Crippen LogP contribution >= 0.6 is 0 Å². The highest BCUT2D eigenvalue weighted by molar-refractivity contribution is 5.73.